The molecule has 0 bridgehead atoms. The van der Waals surface area contributed by atoms with Crippen molar-refractivity contribution in [3.63, 3.8) is 0 Å². The van der Waals surface area contributed by atoms with Gasteiger partial charge in [-0.2, -0.15) is 0 Å². The average Bonchev–Trinajstić information content (AvgIpc) is 2.04. The molecule has 1 atom stereocenters. The second-order valence-electron chi connectivity index (χ2n) is 2.46. The van der Waals surface area contributed by atoms with E-state index in [2.05, 4.69) is 15.9 Å². The van der Waals surface area contributed by atoms with E-state index >= 15 is 0 Å². The molecule has 0 spiro atoms. The first-order valence-corrected chi connectivity index (χ1v) is 4.47. The number of ketones is 1. The van der Waals surface area contributed by atoms with E-state index in [-0.39, 0.29) is 16.2 Å². The highest BCUT2D eigenvalue weighted by atomic mass is 79.9. The minimum Gasteiger partial charge on any atom is -0.293 e. The number of hydrogen-bond donors (Lipinski definition) is 0. The number of Topliss-reactive ketones (excluding diaryl/α,β-unsaturated/α-hetero) is 1. The van der Waals surface area contributed by atoms with Gasteiger partial charge in [-0.25, -0.2) is 4.39 Å². The van der Waals surface area contributed by atoms with E-state index in [9.17, 15) is 9.18 Å². The van der Waals surface area contributed by atoms with Crippen molar-refractivity contribution in [3.8, 4) is 0 Å². The van der Waals surface area contributed by atoms with Gasteiger partial charge in [0, 0.05) is 0 Å². The summed E-state index contributed by atoms with van der Waals surface area (Å²) in [5.74, 6) is -0.693. The number of rotatable bonds is 2. The number of halogens is 2. The molecular weight excluding hydrogens is 223 g/mol. The summed E-state index contributed by atoms with van der Waals surface area (Å²) in [5.41, 5.74) is 0.141. The van der Waals surface area contributed by atoms with E-state index in [0.29, 0.717) is 0 Å². The molecule has 1 aromatic rings. The molecule has 0 fully saturated rings. The largest absolute Gasteiger partial charge is 0.293 e. The smallest absolute Gasteiger partial charge is 0.179 e. The summed E-state index contributed by atoms with van der Waals surface area (Å²) < 4.78 is 13.0. The maximum Gasteiger partial charge on any atom is 0.179 e. The van der Waals surface area contributed by atoms with Gasteiger partial charge < -0.3 is 0 Å². The average molecular weight is 231 g/mol. The quantitative estimate of drug-likeness (QED) is 0.565. The molecule has 0 aliphatic carbocycles. The van der Waals surface area contributed by atoms with Crippen molar-refractivity contribution in [1.82, 2.24) is 0 Å². The lowest BCUT2D eigenvalue weighted by Gasteiger charge is -2.02. The van der Waals surface area contributed by atoms with Crippen molar-refractivity contribution < 1.29 is 9.18 Å². The van der Waals surface area contributed by atoms with Gasteiger partial charge in [-0.15, -0.1) is 0 Å². The van der Waals surface area contributed by atoms with Crippen LogP contribution in [0.4, 0.5) is 4.39 Å². The first-order chi connectivity index (χ1) is 5.63. The van der Waals surface area contributed by atoms with Crippen LogP contribution in [0.1, 0.15) is 17.3 Å². The molecule has 0 aromatic heterocycles. The molecule has 0 amide bonds. The van der Waals surface area contributed by atoms with E-state index in [1.54, 1.807) is 19.1 Å². The number of benzene rings is 1. The van der Waals surface area contributed by atoms with Gasteiger partial charge in [-0.3, -0.25) is 4.79 Å². The van der Waals surface area contributed by atoms with E-state index in [1.807, 2.05) is 0 Å². The van der Waals surface area contributed by atoms with E-state index in [1.165, 1.54) is 12.1 Å². The molecule has 3 heteroatoms. The lowest BCUT2D eigenvalue weighted by molar-refractivity contribution is 0.0992. The Hall–Kier alpha value is -0.700. The topological polar surface area (TPSA) is 17.1 Å². The van der Waals surface area contributed by atoms with E-state index < -0.39 is 5.82 Å². The Kier molecular flexibility index (Phi) is 2.98. The fraction of sp³-hybridized carbons (Fsp3) is 0.222. The van der Waals surface area contributed by atoms with Crippen LogP contribution >= 0.6 is 15.9 Å². The molecule has 0 aliphatic rings. The van der Waals surface area contributed by atoms with E-state index in [4.69, 9.17) is 0 Å². The maximum absolute atomic E-state index is 13.0. The van der Waals surface area contributed by atoms with Gasteiger partial charge in [0.15, 0.2) is 5.78 Å². The van der Waals surface area contributed by atoms with E-state index in [0.717, 1.165) is 0 Å². The van der Waals surface area contributed by atoms with Gasteiger partial charge >= 0.3 is 0 Å². The predicted octanol–water partition coefficient (Wildman–Crippen LogP) is 2.79. The molecule has 0 unspecified atom stereocenters. The minimum atomic E-state index is -0.464. The Morgan fingerprint density at radius 3 is 2.58 bits per heavy atom. The fourth-order valence-electron chi connectivity index (χ4n) is 0.875. The molecule has 64 valence electrons. The highest BCUT2D eigenvalue weighted by molar-refractivity contribution is 9.10. The lowest BCUT2D eigenvalue weighted by Crippen LogP contribution is -2.11. The second-order valence-corrected chi connectivity index (χ2v) is 3.83. The summed E-state index contributed by atoms with van der Waals surface area (Å²) in [5, 5.41) is 0. The molecule has 0 saturated heterocycles. The van der Waals surface area contributed by atoms with Crippen LogP contribution in [-0.4, -0.2) is 10.6 Å². The second kappa shape index (κ2) is 3.81. The number of alkyl halides is 1. The van der Waals surface area contributed by atoms with Crippen molar-refractivity contribution in [2.24, 2.45) is 0 Å². The van der Waals surface area contributed by atoms with Crippen LogP contribution in [-0.2, 0) is 0 Å². The van der Waals surface area contributed by atoms with Gasteiger partial charge in [-0.1, -0.05) is 28.1 Å². The van der Waals surface area contributed by atoms with Crippen LogP contribution in [0, 0.1) is 5.82 Å². The Bertz CT molecular complexity index is 296. The van der Waals surface area contributed by atoms with Crippen LogP contribution in [0.2, 0.25) is 0 Å². The highest BCUT2D eigenvalue weighted by Gasteiger charge is 2.14. The maximum atomic E-state index is 13.0. The molecule has 1 aromatic carbocycles. The Labute approximate surface area is 78.7 Å². The summed E-state index contributed by atoms with van der Waals surface area (Å²) in [6, 6.07) is 5.97. The first kappa shape index (κ1) is 9.39. The number of hydrogen-bond acceptors (Lipinski definition) is 1. The third-order valence-corrected chi connectivity index (χ3v) is 1.92. The Morgan fingerprint density at radius 1 is 1.50 bits per heavy atom. The summed E-state index contributed by atoms with van der Waals surface area (Å²) >= 11 is 3.09. The molecule has 0 N–H and O–H groups in total. The Balaban J connectivity index is 3.03. The summed E-state index contributed by atoms with van der Waals surface area (Å²) in [7, 11) is 0. The van der Waals surface area contributed by atoms with Crippen molar-refractivity contribution in [1.29, 1.82) is 0 Å². The normalized spacial score (nSPS) is 12.6. The van der Waals surface area contributed by atoms with Gasteiger partial charge in [-0.05, 0) is 19.1 Å². The zero-order valence-electron chi connectivity index (χ0n) is 6.55. The van der Waals surface area contributed by atoms with Crippen molar-refractivity contribution in [3.05, 3.63) is 35.6 Å². The zero-order chi connectivity index (χ0) is 9.14. The van der Waals surface area contributed by atoms with Crippen LogP contribution in [0.25, 0.3) is 0 Å². The third-order valence-electron chi connectivity index (χ3n) is 1.50. The predicted molar refractivity (Wildman–Crippen MR) is 49.1 cm³/mol. The minimum absolute atomic E-state index is 0.141. The highest BCUT2D eigenvalue weighted by Crippen LogP contribution is 2.12. The third kappa shape index (κ3) is 1.91. The Morgan fingerprint density at radius 2 is 2.08 bits per heavy atom. The molecule has 12 heavy (non-hydrogen) atoms. The lowest BCUT2D eigenvalue weighted by atomic mass is 10.1. The first-order valence-electron chi connectivity index (χ1n) is 3.55. The van der Waals surface area contributed by atoms with Crippen LogP contribution < -0.4 is 0 Å². The fourth-order valence-corrected chi connectivity index (χ4v) is 1.12. The molecule has 1 rings (SSSR count). The van der Waals surface area contributed by atoms with Gasteiger partial charge in [0.25, 0.3) is 0 Å². The molecule has 0 heterocycles. The van der Waals surface area contributed by atoms with Gasteiger partial charge in [0.05, 0.1) is 10.4 Å². The zero-order valence-corrected chi connectivity index (χ0v) is 8.14. The van der Waals surface area contributed by atoms with Crippen LogP contribution in [0.3, 0.4) is 0 Å². The van der Waals surface area contributed by atoms with Crippen LogP contribution in [0.5, 0.6) is 0 Å². The van der Waals surface area contributed by atoms with Crippen molar-refractivity contribution in [2.45, 2.75) is 11.8 Å². The monoisotopic (exact) mass is 230 g/mol. The SMILES string of the molecule is C[C@@H](Br)C(=O)c1ccccc1F. The van der Waals surface area contributed by atoms with Gasteiger partial charge in [0.2, 0.25) is 0 Å². The van der Waals surface area contributed by atoms with Crippen molar-refractivity contribution >= 4 is 21.7 Å². The number of carbonyl (C=O) groups excluding carboxylic acids is 1. The summed E-state index contributed by atoms with van der Waals surface area (Å²) in [6.07, 6.45) is 0. The van der Waals surface area contributed by atoms with Crippen molar-refractivity contribution in [2.75, 3.05) is 0 Å². The molecular formula is C9H8BrFO. The summed E-state index contributed by atoms with van der Waals surface area (Å²) in [6.45, 7) is 1.68. The number of carbonyl (C=O) groups is 1. The van der Waals surface area contributed by atoms with Gasteiger partial charge in [0.1, 0.15) is 5.82 Å². The summed E-state index contributed by atoms with van der Waals surface area (Å²) in [4.78, 5) is 10.9. The molecule has 0 saturated carbocycles. The standard InChI is InChI=1S/C9H8BrFO/c1-6(10)9(12)7-4-2-3-5-8(7)11/h2-6H,1H3/t6-/m1/s1. The van der Waals surface area contributed by atoms with Crippen LogP contribution in [0.15, 0.2) is 24.3 Å². The molecule has 0 aliphatic heterocycles. The molecule has 1 nitrogen and oxygen atoms in total. The molecule has 0 radical (unpaired) electrons.